The van der Waals surface area contributed by atoms with Gasteiger partial charge in [0.05, 0.1) is 0 Å². The van der Waals surface area contributed by atoms with E-state index in [9.17, 15) is 4.79 Å². The Morgan fingerprint density at radius 1 is 1.39 bits per heavy atom. The van der Waals surface area contributed by atoms with Gasteiger partial charge in [0, 0.05) is 18.2 Å². The summed E-state index contributed by atoms with van der Waals surface area (Å²) < 4.78 is 0. The Labute approximate surface area is 109 Å². The van der Waals surface area contributed by atoms with Crippen molar-refractivity contribution in [2.24, 2.45) is 11.8 Å². The predicted octanol–water partition coefficient (Wildman–Crippen LogP) is 2.78. The largest absolute Gasteiger partial charge is 0.326 e. The van der Waals surface area contributed by atoms with E-state index < -0.39 is 0 Å². The summed E-state index contributed by atoms with van der Waals surface area (Å²) in [5.74, 6) is 0.894. The van der Waals surface area contributed by atoms with Crippen LogP contribution in [0.3, 0.4) is 0 Å². The van der Waals surface area contributed by atoms with E-state index in [0.717, 1.165) is 18.7 Å². The second-order valence-electron chi connectivity index (χ2n) is 5.23. The number of carbonyl (C=O) groups is 1. The van der Waals surface area contributed by atoms with E-state index in [0.29, 0.717) is 5.92 Å². The summed E-state index contributed by atoms with van der Waals surface area (Å²) in [6.07, 6.45) is 3.39. The molecule has 1 amide bonds. The molecule has 18 heavy (non-hydrogen) atoms. The summed E-state index contributed by atoms with van der Waals surface area (Å²) in [6.45, 7) is 3.00. The molecule has 0 radical (unpaired) electrons. The molecule has 0 aromatic heterocycles. The second kappa shape index (κ2) is 6.01. The van der Waals surface area contributed by atoms with Crippen molar-refractivity contribution in [3.05, 3.63) is 29.8 Å². The zero-order valence-electron chi connectivity index (χ0n) is 11.2. The number of anilines is 1. The van der Waals surface area contributed by atoms with Crippen molar-refractivity contribution >= 4 is 11.6 Å². The lowest BCUT2D eigenvalue weighted by atomic mass is 9.97. The smallest absolute Gasteiger partial charge is 0.227 e. The fourth-order valence-electron chi connectivity index (χ4n) is 2.73. The third-order valence-corrected chi connectivity index (χ3v) is 3.77. The summed E-state index contributed by atoms with van der Waals surface area (Å²) in [7, 11) is 1.92. The van der Waals surface area contributed by atoms with Gasteiger partial charge in [-0.1, -0.05) is 25.5 Å². The standard InChI is InChI=1S/C15H22N2O/c1-11-5-3-8-14(11)15(18)17-13-7-4-6-12(9-13)10-16-2/h4,6-7,9,11,14,16H,3,5,8,10H2,1-2H3,(H,17,18). The average Bonchev–Trinajstić information content (AvgIpc) is 2.76. The summed E-state index contributed by atoms with van der Waals surface area (Å²) in [4.78, 5) is 12.2. The second-order valence-corrected chi connectivity index (χ2v) is 5.23. The van der Waals surface area contributed by atoms with Gasteiger partial charge in [0.1, 0.15) is 0 Å². The molecule has 1 fully saturated rings. The molecule has 2 rings (SSSR count). The first-order valence-electron chi connectivity index (χ1n) is 6.75. The molecule has 1 aromatic rings. The number of nitrogens with one attached hydrogen (secondary N) is 2. The van der Waals surface area contributed by atoms with Crippen molar-refractivity contribution in [1.82, 2.24) is 5.32 Å². The minimum Gasteiger partial charge on any atom is -0.326 e. The van der Waals surface area contributed by atoms with Crippen molar-refractivity contribution in [2.75, 3.05) is 12.4 Å². The highest BCUT2D eigenvalue weighted by Gasteiger charge is 2.29. The lowest BCUT2D eigenvalue weighted by molar-refractivity contribution is -0.120. The number of rotatable bonds is 4. The van der Waals surface area contributed by atoms with Gasteiger partial charge in [0.15, 0.2) is 0 Å². The van der Waals surface area contributed by atoms with Crippen LogP contribution in [-0.2, 0) is 11.3 Å². The maximum absolute atomic E-state index is 12.2. The van der Waals surface area contributed by atoms with E-state index in [1.54, 1.807) is 0 Å². The van der Waals surface area contributed by atoms with Gasteiger partial charge in [-0.15, -0.1) is 0 Å². The van der Waals surface area contributed by atoms with Crippen LogP contribution in [0.1, 0.15) is 31.7 Å². The van der Waals surface area contributed by atoms with E-state index in [1.807, 2.05) is 25.2 Å². The summed E-state index contributed by atoms with van der Waals surface area (Å²) >= 11 is 0. The molecule has 0 spiro atoms. The topological polar surface area (TPSA) is 41.1 Å². The van der Waals surface area contributed by atoms with Crippen LogP contribution in [0.5, 0.6) is 0 Å². The van der Waals surface area contributed by atoms with Crippen molar-refractivity contribution in [3.63, 3.8) is 0 Å². The molecule has 1 saturated carbocycles. The van der Waals surface area contributed by atoms with Crippen LogP contribution in [0.15, 0.2) is 24.3 Å². The molecule has 2 N–H and O–H groups in total. The highest BCUT2D eigenvalue weighted by Crippen LogP contribution is 2.32. The minimum absolute atomic E-state index is 0.182. The number of hydrogen-bond acceptors (Lipinski definition) is 2. The maximum Gasteiger partial charge on any atom is 0.227 e. The Kier molecular flexibility index (Phi) is 4.37. The van der Waals surface area contributed by atoms with Crippen LogP contribution >= 0.6 is 0 Å². The number of carbonyl (C=O) groups excluding carboxylic acids is 1. The van der Waals surface area contributed by atoms with Gasteiger partial charge >= 0.3 is 0 Å². The van der Waals surface area contributed by atoms with Gasteiger partial charge in [-0.2, -0.15) is 0 Å². The monoisotopic (exact) mass is 246 g/mol. The molecule has 2 unspecified atom stereocenters. The first-order valence-corrected chi connectivity index (χ1v) is 6.75. The SMILES string of the molecule is CNCc1cccc(NC(=O)C2CCCC2C)c1. The van der Waals surface area contributed by atoms with Crippen LogP contribution in [0.2, 0.25) is 0 Å². The lowest BCUT2D eigenvalue weighted by Crippen LogP contribution is -2.24. The zero-order valence-corrected chi connectivity index (χ0v) is 11.2. The molecule has 98 valence electrons. The van der Waals surface area contributed by atoms with Gasteiger partial charge in [0.25, 0.3) is 0 Å². The number of amides is 1. The Bertz CT molecular complexity index is 417. The minimum atomic E-state index is 0.182. The van der Waals surface area contributed by atoms with Gasteiger partial charge in [-0.3, -0.25) is 4.79 Å². The van der Waals surface area contributed by atoms with E-state index in [4.69, 9.17) is 0 Å². The molecule has 3 heteroatoms. The third-order valence-electron chi connectivity index (χ3n) is 3.77. The van der Waals surface area contributed by atoms with Crippen LogP contribution in [0.4, 0.5) is 5.69 Å². The first kappa shape index (κ1) is 13.1. The van der Waals surface area contributed by atoms with E-state index in [1.165, 1.54) is 18.4 Å². The molecule has 0 bridgehead atoms. The molecule has 0 saturated heterocycles. The Morgan fingerprint density at radius 2 is 2.22 bits per heavy atom. The van der Waals surface area contributed by atoms with Gasteiger partial charge < -0.3 is 10.6 Å². The predicted molar refractivity (Wildman–Crippen MR) is 74.3 cm³/mol. The van der Waals surface area contributed by atoms with Crippen LogP contribution in [0.25, 0.3) is 0 Å². The highest BCUT2D eigenvalue weighted by atomic mass is 16.1. The van der Waals surface area contributed by atoms with Crippen molar-refractivity contribution in [1.29, 1.82) is 0 Å². The maximum atomic E-state index is 12.2. The van der Waals surface area contributed by atoms with Crippen molar-refractivity contribution in [2.45, 2.75) is 32.7 Å². The number of hydrogen-bond donors (Lipinski definition) is 2. The first-order chi connectivity index (χ1) is 8.70. The van der Waals surface area contributed by atoms with Gasteiger partial charge in [-0.25, -0.2) is 0 Å². The fourth-order valence-corrected chi connectivity index (χ4v) is 2.73. The quantitative estimate of drug-likeness (QED) is 0.857. The molecule has 1 aliphatic carbocycles. The number of benzene rings is 1. The molecule has 1 aromatic carbocycles. The van der Waals surface area contributed by atoms with Crippen LogP contribution < -0.4 is 10.6 Å². The van der Waals surface area contributed by atoms with Gasteiger partial charge in [-0.05, 0) is 43.5 Å². The van der Waals surface area contributed by atoms with Gasteiger partial charge in [0.2, 0.25) is 5.91 Å². The van der Waals surface area contributed by atoms with Crippen molar-refractivity contribution < 1.29 is 4.79 Å². The van der Waals surface area contributed by atoms with Crippen molar-refractivity contribution in [3.8, 4) is 0 Å². The lowest BCUT2D eigenvalue weighted by Gasteiger charge is -2.15. The fraction of sp³-hybridized carbons (Fsp3) is 0.533. The Morgan fingerprint density at radius 3 is 2.89 bits per heavy atom. The van der Waals surface area contributed by atoms with Crippen LogP contribution in [-0.4, -0.2) is 13.0 Å². The van der Waals surface area contributed by atoms with E-state index in [-0.39, 0.29) is 11.8 Å². The highest BCUT2D eigenvalue weighted by molar-refractivity contribution is 5.92. The molecule has 0 aliphatic heterocycles. The Balaban J connectivity index is 2.00. The zero-order chi connectivity index (χ0) is 13.0. The molecule has 0 heterocycles. The summed E-state index contributed by atoms with van der Waals surface area (Å²) in [5.41, 5.74) is 2.10. The van der Waals surface area contributed by atoms with Crippen LogP contribution in [0, 0.1) is 11.8 Å². The third kappa shape index (κ3) is 3.10. The molecular weight excluding hydrogens is 224 g/mol. The van der Waals surface area contributed by atoms with E-state index >= 15 is 0 Å². The molecule has 3 nitrogen and oxygen atoms in total. The summed E-state index contributed by atoms with van der Waals surface area (Å²) in [5, 5.41) is 6.16. The molecule has 2 atom stereocenters. The summed E-state index contributed by atoms with van der Waals surface area (Å²) in [6, 6.07) is 8.04. The normalized spacial score (nSPS) is 23.0. The average molecular weight is 246 g/mol. The van der Waals surface area contributed by atoms with E-state index in [2.05, 4.69) is 23.6 Å². The Hall–Kier alpha value is -1.35. The molecular formula is C15H22N2O. The molecule has 1 aliphatic rings.